The molecule has 0 spiro atoms. The topological polar surface area (TPSA) is 49.6 Å². The number of hydrogen-bond donors (Lipinski definition) is 0. The van der Waals surface area contributed by atoms with E-state index in [0.717, 1.165) is 26.8 Å². The third-order valence-electron chi connectivity index (χ3n) is 2.98. The van der Waals surface area contributed by atoms with Gasteiger partial charge in [0.2, 0.25) is 0 Å². The molecule has 21 heavy (non-hydrogen) atoms. The molecule has 0 radical (unpaired) electrons. The molecule has 3 rings (SSSR count). The zero-order valence-corrected chi connectivity index (χ0v) is 13.2. The van der Waals surface area contributed by atoms with Crippen molar-refractivity contribution in [1.29, 1.82) is 5.26 Å². The van der Waals surface area contributed by atoms with Crippen LogP contribution >= 0.6 is 23.1 Å². The van der Waals surface area contributed by atoms with Gasteiger partial charge < -0.3 is 0 Å². The highest BCUT2D eigenvalue weighted by Gasteiger charge is 2.11. The number of benzene rings is 1. The van der Waals surface area contributed by atoms with Gasteiger partial charge in [0, 0.05) is 22.4 Å². The molecular weight excluding hydrogens is 298 g/mol. The average Bonchev–Trinajstić information content (AvgIpc) is 2.92. The Morgan fingerprint density at radius 2 is 2.05 bits per heavy atom. The molecule has 0 aliphatic heterocycles. The molecule has 2 aromatic heterocycles. The first-order valence-electron chi connectivity index (χ1n) is 6.61. The van der Waals surface area contributed by atoms with Crippen molar-refractivity contribution in [3.05, 3.63) is 42.2 Å². The van der Waals surface area contributed by atoms with E-state index in [9.17, 15) is 0 Å². The van der Waals surface area contributed by atoms with E-state index in [0.29, 0.717) is 6.42 Å². The fourth-order valence-corrected chi connectivity index (χ4v) is 4.09. The van der Waals surface area contributed by atoms with Gasteiger partial charge in [-0.05, 0) is 18.6 Å². The zero-order valence-electron chi connectivity index (χ0n) is 11.5. The molecule has 3 aromatic rings. The van der Waals surface area contributed by atoms with Crippen LogP contribution in [-0.4, -0.2) is 15.7 Å². The van der Waals surface area contributed by atoms with Crippen molar-refractivity contribution in [2.45, 2.75) is 18.4 Å². The Hall–Kier alpha value is -1.90. The summed E-state index contributed by atoms with van der Waals surface area (Å²) < 4.78 is 0. The Balaban J connectivity index is 2.04. The van der Waals surface area contributed by atoms with Crippen LogP contribution in [-0.2, 0) is 0 Å². The lowest BCUT2D eigenvalue weighted by Crippen LogP contribution is -1.90. The predicted octanol–water partition coefficient (Wildman–Crippen LogP) is 4.67. The molecule has 0 atom stereocenters. The van der Waals surface area contributed by atoms with Gasteiger partial charge in [-0.2, -0.15) is 5.26 Å². The fraction of sp³-hybridized carbons (Fsp3) is 0.188. The summed E-state index contributed by atoms with van der Waals surface area (Å²) in [6.45, 7) is 1.91. The lowest BCUT2D eigenvalue weighted by Gasteiger charge is -2.01. The normalized spacial score (nSPS) is 10.7. The van der Waals surface area contributed by atoms with Crippen LogP contribution < -0.4 is 0 Å². The highest BCUT2D eigenvalue weighted by molar-refractivity contribution is 7.99. The molecule has 0 aliphatic rings. The van der Waals surface area contributed by atoms with Crippen LogP contribution in [0.25, 0.3) is 20.7 Å². The number of fused-ring (bicyclic) bond motifs is 1. The van der Waals surface area contributed by atoms with Gasteiger partial charge in [0.25, 0.3) is 0 Å². The Morgan fingerprint density at radius 3 is 2.81 bits per heavy atom. The maximum Gasteiger partial charge on any atom is 0.128 e. The first-order chi connectivity index (χ1) is 10.3. The number of aryl methyl sites for hydroxylation is 1. The smallest absolute Gasteiger partial charge is 0.128 e. The van der Waals surface area contributed by atoms with Gasteiger partial charge in [-0.15, -0.1) is 23.1 Å². The van der Waals surface area contributed by atoms with Crippen molar-refractivity contribution in [1.82, 2.24) is 9.97 Å². The molecular formula is C16H13N3S2. The highest BCUT2D eigenvalue weighted by Crippen LogP contribution is 2.36. The van der Waals surface area contributed by atoms with Gasteiger partial charge in [-0.25, -0.2) is 9.97 Å². The summed E-state index contributed by atoms with van der Waals surface area (Å²) in [6.07, 6.45) is 0.533. The Bertz CT molecular complexity index is 803. The first kappa shape index (κ1) is 14.1. The molecule has 0 saturated heterocycles. The maximum atomic E-state index is 8.67. The van der Waals surface area contributed by atoms with Crippen molar-refractivity contribution < 1.29 is 0 Å². The van der Waals surface area contributed by atoms with E-state index in [1.54, 1.807) is 23.1 Å². The van der Waals surface area contributed by atoms with E-state index in [2.05, 4.69) is 34.2 Å². The van der Waals surface area contributed by atoms with Crippen molar-refractivity contribution >= 4 is 33.3 Å². The fourth-order valence-electron chi connectivity index (χ4n) is 2.04. The first-order valence-corrected chi connectivity index (χ1v) is 8.41. The molecule has 104 valence electrons. The number of aromatic nitrogens is 2. The minimum atomic E-state index is 0.533. The second-order valence-corrected chi connectivity index (χ2v) is 6.64. The summed E-state index contributed by atoms with van der Waals surface area (Å²) in [5, 5.41) is 10.7. The average molecular weight is 311 g/mol. The minimum Gasteiger partial charge on any atom is -0.226 e. The largest absolute Gasteiger partial charge is 0.226 e. The lowest BCUT2D eigenvalue weighted by atomic mass is 10.2. The number of nitrogens with zero attached hydrogens (tertiary/aromatic N) is 3. The van der Waals surface area contributed by atoms with Crippen LogP contribution in [0.15, 0.2) is 41.4 Å². The number of thiophene rings is 1. The second kappa shape index (κ2) is 6.25. The van der Waals surface area contributed by atoms with Gasteiger partial charge in [0.1, 0.15) is 15.7 Å². The molecule has 0 N–H and O–H groups in total. The van der Waals surface area contributed by atoms with Gasteiger partial charge >= 0.3 is 0 Å². The van der Waals surface area contributed by atoms with E-state index in [-0.39, 0.29) is 0 Å². The standard InChI is InChI=1S/C16H13N3S2/c1-11-18-15(20-9-5-8-17)13-10-14(21-16(13)19-11)12-6-3-2-4-7-12/h2-4,6-7,10H,5,9H2,1H3. The molecule has 0 aliphatic carbocycles. The molecule has 1 aromatic carbocycles. The third-order valence-corrected chi connectivity index (χ3v) is 5.05. The third kappa shape index (κ3) is 3.07. The second-order valence-electron chi connectivity index (χ2n) is 4.53. The van der Waals surface area contributed by atoms with E-state index in [4.69, 9.17) is 5.26 Å². The van der Waals surface area contributed by atoms with E-state index < -0.39 is 0 Å². The number of thioether (sulfide) groups is 1. The zero-order chi connectivity index (χ0) is 14.7. The predicted molar refractivity (Wildman–Crippen MR) is 88.5 cm³/mol. The van der Waals surface area contributed by atoms with Crippen LogP contribution in [0.1, 0.15) is 12.2 Å². The number of rotatable bonds is 4. The Labute approximate surface area is 131 Å². The number of nitriles is 1. The summed E-state index contributed by atoms with van der Waals surface area (Å²) >= 11 is 3.32. The monoisotopic (exact) mass is 311 g/mol. The highest BCUT2D eigenvalue weighted by atomic mass is 32.2. The van der Waals surface area contributed by atoms with Crippen molar-refractivity contribution in [3.8, 4) is 16.5 Å². The molecule has 0 saturated carbocycles. The van der Waals surface area contributed by atoms with Crippen LogP contribution in [0.2, 0.25) is 0 Å². The summed E-state index contributed by atoms with van der Waals surface area (Å²) in [5.74, 6) is 1.54. The van der Waals surface area contributed by atoms with Crippen LogP contribution in [0.5, 0.6) is 0 Å². The van der Waals surface area contributed by atoms with Crippen LogP contribution in [0, 0.1) is 18.3 Å². The maximum absolute atomic E-state index is 8.67. The SMILES string of the molecule is Cc1nc(SCCC#N)c2cc(-c3ccccc3)sc2n1. The Kier molecular flexibility index (Phi) is 4.18. The quantitative estimate of drug-likeness (QED) is 0.399. The summed E-state index contributed by atoms with van der Waals surface area (Å²) in [7, 11) is 0. The molecule has 0 amide bonds. The van der Waals surface area contributed by atoms with E-state index >= 15 is 0 Å². The van der Waals surface area contributed by atoms with Gasteiger partial charge in [0.15, 0.2) is 0 Å². The Morgan fingerprint density at radius 1 is 1.24 bits per heavy atom. The van der Waals surface area contributed by atoms with Crippen molar-refractivity contribution in [3.63, 3.8) is 0 Å². The van der Waals surface area contributed by atoms with Crippen LogP contribution in [0.3, 0.4) is 0 Å². The summed E-state index contributed by atoms with van der Waals surface area (Å²) in [4.78, 5) is 11.3. The molecule has 3 nitrogen and oxygen atoms in total. The van der Waals surface area contributed by atoms with Crippen molar-refractivity contribution in [2.75, 3.05) is 5.75 Å². The van der Waals surface area contributed by atoms with Crippen molar-refractivity contribution in [2.24, 2.45) is 0 Å². The van der Waals surface area contributed by atoms with E-state index in [1.807, 2.05) is 25.1 Å². The van der Waals surface area contributed by atoms with E-state index in [1.165, 1.54) is 10.4 Å². The van der Waals surface area contributed by atoms with Crippen LogP contribution in [0.4, 0.5) is 0 Å². The van der Waals surface area contributed by atoms with Gasteiger partial charge in [-0.1, -0.05) is 30.3 Å². The molecule has 0 unspecified atom stereocenters. The van der Waals surface area contributed by atoms with Gasteiger partial charge in [0.05, 0.1) is 6.07 Å². The summed E-state index contributed by atoms with van der Waals surface area (Å²) in [5.41, 5.74) is 1.20. The number of hydrogen-bond acceptors (Lipinski definition) is 5. The lowest BCUT2D eigenvalue weighted by molar-refractivity contribution is 1.01. The molecule has 2 heterocycles. The minimum absolute atomic E-state index is 0.533. The summed E-state index contributed by atoms with van der Waals surface area (Å²) in [6, 6.07) is 14.6. The molecule has 0 fully saturated rings. The molecule has 0 bridgehead atoms. The molecule has 5 heteroatoms. The van der Waals surface area contributed by atoms with Gasteiger partial charge in [-0.3, -0.25) is 0 Å².